The lowest BCUT2D eigenvalue weighted by molar-refractivity contribution is -0.138. The van der Waals surface area contributed by atoms with Gasteiger partial charge in [0.2, 0.25) is 5.91 Å². The van der Waals surface area contributed by atoms with Gasteiger partial charge >= 0.3 is 0 Å². The molecule has 1 amide bonds. The van der Waals surface area contributed by atoms with E-state index < -0.39 is 6.10 Å². The van der Waals surface area contributed by atoms with Crippen molar-refractivity contribution in [2.24, 2.45) is 0 Å². The average molecular weight is 212 g/mol. The van der Waals surface area contributed by atoms with Gasteiger partial charge in [0.15, 0.2) is 6.10 Å². The molecule has 1 aliphatic rings. The molecule has 0 spiro atoms. The van der Waals surface area contributed by atoms with Gasteiger partial charge in [-0.3, -0.25) is 4.79 Å². The molecule has 1 atom stereocenters. The number of nitrogens with zero attached hydrogens (tertiary/aromatic N) is 2. The maximum absolute atomic E-state index is 11.6. The normalized spacial score (nSPS) is 21.1. The predicted octanol–water partition coefficient (Wildman–Crippen LogP) is 0.164. The third-order valence-corrected chi connectivity index (χ3v) is 2.23. The quantitative estimate of drug-likeness (QED) is 0.623. The van der Waals surface area contributed by atoms with Crippen LogP contribution in [0.5, 0.6) is 0 Å². The largest absolute Gasteiger partial charge is 0.381 e. The fourth-order valence-corrected chi connectivity index (χ4v) is 1.42. The van der Waals surface area contributed by atoms with Crippen LogP contribution in [0.2, 0.25) is 0 Å². The standard InChI is InChI=1S/C10H16N2O3/c1-2-14-5-3-10(13)12-4-6-15-9(7-11)8-12/h9H,2-6,8H2,1H3. The minimum absolute atomic E-state index is 0.0343. The molecule has 15 heavy (non-hydrogen) atoms. The van der Waals surface area contributed by atoms with Gasteiger partial charge in [-0.2, -0.15) is 5.26 Å². The molecule has 0 aliphatic carbocycles. The van der Waals surface area contributed by atoms with Crippen LogP contribution in [0.4, 0.5) is 0 Å². The maximum atomic E-state index is 11.6. The van der Waals surface area contributed by atoms with Crippen LogP contribution in [0.3, 0.4) is 0 Å². The molecule has 0 saturated carbocycles. The molecule has 0 bridgehead atoms. The van der Waals surface area contributed by atoms with Crippen molar-refractivity contribution in [2.45, 2.75) is 19.4 Å². The van der Waals surface area contributed by atoms with Crippen molar-refractivity contribution in [1.82, 2.24) is 4.90 Å². The monoisotopic (exact) mass is 212 g/mol. The van der Waals surface area contributed by atoms with Gasteiger partial charge in [-0.1, -0.05) is 0 Å². The third kappa shape index (κ3) is 3.86. The van der Waals surface area contributed by atoms with Crippen LogP contribution in [-0.2, 0) is 14.3 Å². The molecular weight excluding hydrogens is 196 g/mol. The Hall–Kier alpha value is -1.12. The molecule has 0 N–H and O–H groups in total. The molecule has 0 aromatic carbocycles. The summed E-state index contributed by atoms with van der Waals surface area (Å²) in [5.41, 5.74) is 0. The number of hydrogen-bond donors (Lipinski definition) is 0. The summed E-state index contributed by atoms with van der Waals surface area (Å²) in [6.45, 7) is 4.36. The van der Waals surface area contributed by atoms with E-state index in [0.717, 1.165) is 0 Å². The summed E-state index contributed by atoms with van der Waals surface area (Å²) in [7, 11) is 0. The van der Waals surface area contributed by atoms with E-state index in [2.05, 4.69) is 0 Å². The van der Waals surface area contributed by atoms with E-state index in [1.165, 1.54) is 0 Å². The first-order valence-electron chi connectivity index (χ1n) is 5.14. The molecule has 1 rings (SSSR count). The lowest BCUT2D eigenvalue weighted by atomic mass is 10.2. The highest BCUT2D eigenvalue weighted by Gasteiger charge is 2.23. The van der Waals surface area contributed by atoms with Crippen LogP contribution >= 0.6 is 0 Å². The van der Waals surface area contributed by atoms with Crippen LogP contribution in [0.1, 0.15) is 13.3 Å². The Balaban J connectivity index is 2.29. The zero-order chi connectivity index (χ0) is 11.1. The first-order chi connectivity index (χ1) is 7.27. The smallest absolute Gasteiger partial charge is 0.225 e. The van der Waals surface area contributed by atoms with Crippen molar-refractivity contribution in [1.29, 1.82) is 5.26 Å². The number of morpholine rings is 1. The Labute approximate surface area is 89.6 Å². The number of rotatable bonds is 4. The number of carbonyl (C=O) groups excluding carboxylic acids is 1. The molecule has 0 radical (unpaired) electrons. The Bertz CT molecular complexity index is 250. The van der Waals surface area contributed by atoms with Crippen molar-refractivity contribution in [3.8, 4) is 6.07 Å². The van der Waals surface area contributed by atoms with Crippen LogP contribution in [-0.4, -0.2) is 49.8 Å². The van der Waals surface area contributed by atoms with Gasteiger partial charge in [-0.25, -0.2) is 0 Å². The van der Waals surface area contributed by atoms with Crippen LogP contribution in [0, 0.1) is 11.3 Å². The van der Waals surface area contributed by atoms with E-state index in [9.17, 15) is 4.79 Å². The number of hydrogen-bond acceptors (Lipinski definition) is 4. The van der Waals surface area contributed by atoms with E-state index in [1.807, 2.05) is 13.0 Å². The summed E-state index contributed by atoms with van der Waals surface area (Å²) in [4.78, 5) is 13.3. The second kappa shape index (κ2) is 6.38. The van der Waals surface area contributed by atoms with Crippen molar-refractivity contribution < 1.29 is 14.3 Å². The van der Waals surface area contributed by atoms with Crippen molar-refractivity contribution in [3.05, 3.63) is 0 Å². The second-order valence-corrected chi connectivity index (χ2v) is 3.28. The topological polar surface area (TPSA) is 62.6 Å². The molecule has 84 valence electrons. The Morgan fingerprint density at radius 2 is 2.53 bits per heavy atom. The Morgan fingerprint density at radius 3 is 3.20 bits per heavy atom. The highest BCUT2D eigenvalue weighted by molar-refractivity contribution is 5.76. The minimum atomic E-state index is -0.477. The lowest BCUT2D eigenvalue weighted by Gasteiger charge is -2.29. The first kappa shape index (κ1) is 12.0. The van der Waals surface area contributed by atoms with Crippen molar-refractivity contribution >= 4 is 5.91 Å². The number of ether oxygens (including phenoxy) is 2. The molecule has 1 saturated heterocycles. The molecule has 1 aliphatic heterocycles. The molecule has 5 nitrogen and oxygen atoms in total. The predicted molar refractivity (Wildman–Crippen MR) is 53.0 cm³/mol. The number of carbonyl (C=O) groups is 1. The fraction of sp³-hybridized carbons (Fsp3) is 0.800. The van der Waals surface area contributed by atoms with Gasteiger partial charge in [0, 0.05) is 13.2 Å². The summed E-state index contributed by atoms with van der Waals surface area (Å²) in [6.07, 6.45) is -0.0961. The van der Waals surface area contributed by atoms with Crippen LogP contribution in [0.25, 0.3) is 0 Å². The zero-order valence-corrected chi connectivity index (χ0v) is 8.94. The Kier molecular flexibility index (Phi) is 5.08. The second-order valence-electron chi connectivity index (χ2n) is 3.28. The van der Waals surface area contributed by atoms with Crippen molar-refractivity contribution in [2.75, 3.05) is 32.9 Å². The summed E-state index contributed by atoms with van der Waals surface area (Å²) < 4.78 is 10.3. The highest BCUT2D eigenvalue weighted by Crippen LogP contribution is 2.06. The summed E-state index contributed by atoms with van der Waals surface area (Å²) in [5, 5.41) is 8.67. The molecule has 1 fully saturated rings. The van der Waals surface area contributed by atoms with Gasteiger partial charge in [-0.15, -0.1) is 0 Å². The van der Waals surface area contributed by atoms with Gasteiger partial charge in [0.1, 0.15) is 0 Å². The number of amides is 1. The van der Waals surface area contributed by atoms with E-state index in [-0.39, 0.29) is 5.91 Å². The van der Waals surface area contributed by atoms with Crippen LogP contribution in [0.15, 0.2) is 0 Å². The molecule has 1 unspecified atom stereocenters. The van der Waals surface area contributed by atoms with Gasteiger partial charge < -0.3 is 14.4 Å². The number of nitriles is 1. The first-order valence-corrected chi connectivity index (χ1v) is 5.14. The van der Waals surface area contributed by atoms with Crippen molar-refractivity contribution in [3.63, 3.8) is 0 Å². The lowest BCUT2D eigenvalue weighted by Crippen LogP contribution is -2.45. The fourth-order valence-electron chi connectivity index (χ4n) is 1.42. The summed E-state index contributed by atoms with van der Waals surface area (Å²) >= 11 is 0. The minimum Gasteiger partial charge on any atom is -0.381 e. The molecule has 1 heterocycles. The average Bonchev–Trinajstić information content (AvgIpc) is 2.29. The van der Waals surface area contributed by atoms with Crippen LogP contribution < -0.4 is 0 Å². The van der Waals surface area contributed by atoms with E-state index in [1.54, 1.807) is 4.90 Å². The van der Waals surface area contributed by atoms with E-state index >= 15 is 0 Å². The van der Waals surface area contributed by atoms with E-state index in [4.69, 9.17) is 14.7 Å². The SMILES string of the molecule is CCOCCC(=O)N1CCOC(C#N)C1. The zero-order valence-electron chi connectivity index (χ0n) is 8.94. The Morgan fingerprint density at radius 1 is 1.73 bits per heavy atom. The summed E-state index contributed by atoms with van der Waals surface area (Å²) in [5.74, 6) is 0.0343. The van der Waals surface area contributed by atoms with E-state index in [0.29, 0.717) is 39.3 Å². The molecule has 5 heteroatoms. The van der Waals surface area contributed by atoms with Gasteiger partial charge in [0.25, 0.3) is 0 Å². The highest BCUT2D eigenvalue weighted by atomic mass is 16.5. The maximum Gasteiger partial charge on any atom is 0.225 e. The molecule has 0 aromatic rings. The molecule has 0 aromatic heterocycles. The van der Waals surface area contributed by atoms with Gasteiger partial charge in [-0.05, 0) is 6.92 Å². The third-order valence-electron chi connectivity index (χ3n) is 2.23. The summed E-state index contributed by atoms with van der Waals surface area (Å²) in [6, 6.07) is 2.01. The molecular formula is C10H16N2O3. The van der Waals surface area contributed by atoms with Gasteiger partial charge in [0.05, 0.1) is 32.2 Å².